The van der Waals surface area contributed by atoms with Crippen molar-refractivity contribution >= 4 is 17.3 Å². The fraction of sp³-hybridized carbons (Fsp3) is 0.457. The van der Waals surface area contributed by atoms with Gasteiger partial charge in [0.15, 0.2) is 0 Å². The molecule has 7 nitrogen and oxygen atoms in total. The number of hydrogen-bond donors (Lipinski definition) is 0. The van der Waals surface area contributed by atoms with Gasteiger partial charge in [-0.05, 0) is 74.3 Å². The van der Waals surface area contributed by atoms with Crippen LogP contribution in [0.4, 0.5) is 11.4 Å². The molecule has 0 N–H and O–H groups in total. The van der Waals surface area contributed by atoms with Gasteiger partial charge in [-0.3, -0.25) is 4.79 Å². The molecule has 2 aliphatic heterocycles. The lowest BCUT2D eigenvalue weighted by Crippen LogP contribution is -2.31. The Morgan fingerprint density at radius 1 is 0.857 bits per heavy atom. The van der Waals surface area contributed by atoms with Crippen LogP contribution < -0.4 is 24.0 Å². The van der Waals surface area contributed by atoms with Crippen LogP contribution in [0.5, 0.6) is 17.2 Å². The average Bonchev–Trinajstić information content (AvgIpc) is 3.01. The van der Waals surface area contributed by atoms with Crippen LogP contribution in [-0.4, -0.2) is 72.9 Å². The molecule has 3 aromatic carbocycles. The number of nitrogens with zero attached hydrogens (tertiary/aromatic N) is 3. The van der Waals surface area contributed by atoms with Crippen molar-refractivity contribution in [1.29, 1.82) is 0 Å². The maximum Gasteiger partial charge on any atom is 0.312 e. The Labute approximate surface area is 251 Å². The second-order valence-electron chi connectivity index (χ2n) is 11.9. The lowest BCUT2D eigenvalue weighted by Gasteiger charge is -2.33. The highest BCUT2D eigenvalue weighted by Crippen LogP contribution is 2.53. The zero-order chi connectivity index (χ0) is 29.8. The van der Waals surface area contributed by atoms with E-state index in [0.29, 0.717) is 17.2 Å². The molecule has 0 spiro atoms. The molecule has 0 radical (unpaired) electrons. The Balaban J connectivity index is 1.65. The van der Waals surface area contributed by atoms with E-state index in [1.54, 1.807) is 14.2 Å². The maximum absolute atomic E-state index is 13.3. The minimum atomic E-state index is -0.238. The van der Waals surface area contributed by atoms with E-state index in [-0.39, 0.29) is 24.2 Å². The number of piperidine rings is 1. The maximum atomic E-state index is 13.3. The fourth-order valence-corrected chi connectivity index (χ4v) is 6.44. The number of fused-ring (bicyclic) bond motifs is 1. The molecule has 224 valence electrons. The van der Waals surface area contributed by atoms with Gasteiger partial charge in [-0.15, -0.1) is 0 Å². The molecule has 0 aliphatic carbocycles. The Hall–Kier alpha value is -3.71. The molecule has 0 amide bonds. The van der Waals surface area contributed by atoms with Gasteiger partial charge in [0.2, 0.25) is 0 Å². The van der Waals surface area contributed by atoms with Crippen LogP contribution in [0.2, 0.25) is 0 Å². The molecule has 0 aromatic heterocycles. The van der Waals surface area contributed by atoms with Crippen molar-refractivity contribution in [1.82, 2.24) is 4.90 Å². The third-order valence-electron chi connectivity index (χ3n) is 8.81. The van der Waals surface area contributed by atoms with E-state index in [1.165, 1.54) is 24.8 Å². The van der Waals surface area contributed by atoms with E-state index in [0.717, 1.165) is 54.1 Å². The van der Waals surface area contributed by atoms with E-state index >= 15 is 0 Å². The summed E-state index contributed by atoms with van der Waals surface area (Å²) in [7, 11) is 11.5. The average molecular weight is 572 g/mol. The van der Waals surface area contributed by atoms with Crippen LogP contribution in [-0.2, 0) is 4.79 Å². The monoisotopic (exact) mass is 571 g/mol. The number of benzene rings is 3. The van der Waals surface area contributed by atoms with Crippen molar-refractivity contribution in [3.05, 3.63) is 76.9 Å². The standard InChI is InChI=1S/C35H45N3O4/c1-36(2)26-14-10-24(11-15-26)28(18-21-38-19-8-7-9-20-38)33-30(40-5)23-31(41-6)34-29(22-32(39)42-35(33)34)25-12-16-27(17-13-25)37(3)4/h10-17,23,28-29H,7-9,18-22H2,1-6H3/t28-,29-/m1/s1. The molecule has 1 saturated heterocycles. The first-order valence-corrected chi connectivity index (χ1v) is 15.1. The Kier molecular flexibility index (Phi) is 9.27. The van der Waals surface area contributed by atoms with Gasteiger partial charge in [0.1, 0.15) is 17.2 Å². The van der Waals surface area contributed by atoms with Crippen LogP contribution in [0.15, 0.2) is 54.6 Å². The smallest absolute Gasteiger partial charge is 0.312 e. The Morgan fingerprint density at radius 2 is 1.45 bits per heavy atom. The highest BCUT2D eigenvalue weighted by atomic mass is 16.5. The Bertz CT molecular complexity index is 1360. The molecule has 2 atom stereocenters. The fourth-order valence-electron chi connectivity index (χ4n) is 6.44. The molecule has 3 aromatic rings. The molecule has 1 fully saturated rings. The number of ether oxygens (including phenoxy) is 3. The number of carbonyl (C=O) groups excluding carboxylic acids is 1. The second kappa shape index (κ2) is 13.1. The minimum Gasteiger partial charge on any atom is -0.496 e. The van der Waals surface area contributed by atoms with E-state index < -0.39 is 0 Å². The molecular formula is C35H45N3O4. The first-order valence-electron chi connectivity index (χ1n) is 15.1. The molecular weight excluding hydrogens is 526 g/mol. The van der Waals surface area contributed by atoms with E-state index in [4.69, 9.17) is 14.2 Å². The first-order chi connectivity index (χ1) is 20.3. The van der Waals surface area contributed by atoms with Gasteiger partial charge >= 0.3 is 5.97 Å². The molecule has 42 heavy (non-hydrogen) atoms. The lowest BCUT2D eigenvalue weighted by molar-refractivity contribution is -0.135. The predicted octanol–water partition coefficient (Wildman–Crippen LogP) is 6.28. The third-order valence-corrected chi connectivity index (χ3v) is 8.81. The van der Waals surface area contributed by atoms with Crippen LogP contribution >= 0.6 is 0 Å². The number of esters is 1. The summed E-state index contributed by atoms with van der Waals surface area (Å²) >= 11 is 0. The van der Waals surface area contributed by atoms with E-state index in [9.17, 15) is 4.79 Å². The lowest BCUT2D eigenvalue weighted by atomic mass is 9.80. The number of rotatable bonds is 10. The summed E-state index contributed by atoms with van der Waals surface area (Å²) in [6.45, 7) is 3.22. The molecule has 7 heteroatoms. The van der Waals surface area contributed by atoms with Gasteiger partial charge in [0.25, 0.3) is 0 Å². The quantitative estimate of drug-likeness (QED) is 0.210. The number of likely N-dealkylation sites (tertiary alicyclic amines) is 1. The van der Waals surface area contributed by atoms with Crippen LogP contribution in [0.1, 0.15) is 66.2 Å². The zero-order valence-corrected chi connectivity index (χ0v) is 26.0. The topological polar surface area (TPSA) is 54.5 Å². The van der Waals surface area contributed by atoms with Gasteiger partial charge in [-0.25, -0.2) is 0 Å². The van der Waals surface area contributed by atoms with Crippen LogP contribution in [0.3, 0.4) is 0 Å². The van der Waals surface area contributed by atoms with Gasteiger partial charge in [-0.1, -0.05) is 30.7 Å². The van der Waals surface area contributed by atoms with Crippen molar-refractivity contribution in [2.24, 2.45) is 0 Å². The summed E-state index contributed by atoms with van der Waals surface area (Å²) in [5.74, 6) is 1.50. The SMILES string of the molecule is COc1cc(OC)c2c(c1[C@H](CCN1CCCCC1)c1ccc(N(C)C)cc1)OC(=O)C[C@@H]2c1ccc(N(C)C)cc1. The van der Waals surface area contributed by atoms with E-state index in [1.807, 2.05) is 20.2 Å². The normalized spacial score (nSPS) is 17.7. The first kappa shape index (κ1) is 29.8. The summed E-state index contributed by atoms with van der Waals surface area (Å²) in [5, 5.41) is 0. The van der Waals surface area contributed by atoms with Crippen molar-refractivity contribution < 1.29 is 19.0 Å². The van der Waals surface area contributed by atoms with Gasteiger partial charge in [0, 0.05) is 68.6 Å². The summed E-state index contributed by atoms with van der Waals surface area (Å²) in [6, 6.07) is 19.1. The zero-order valence-electron chi connectivity index (χ0n) is 26.0. The number of methoxy groups -OCH3 is 2. The third kappa shape index (κ3) is 6.21. The predicted molar refractivity (Wildman–Crippen MR) is 170 cm³/mol. The summed E-state index contributed by atoms with van der Waals surface area (Å²) in [6.07, 6.45) is 4.94. The molecule has 0 unspecified atom stereocenters. The van der Waals surface area contributed by atoms with Crippen molar-refractivity contribution in [3.8, 4) is 17.2 Å². The highest BCUT2D eigenvalue weighted by Gasteiger charge is 2.37. The second-order valence-corrected chi connectivity index (χ2v) is 11.9. The molecule has 2 heterocycles. The number of carbonyl (C=O) groups is 1. The van der Waals surface area contributed by atoms with Crippen molar-refractivity contribution in [2.75, 3.05) is 71.8 Å². The largest absolute Gasteiger partial charge is 0.496 e. The number of anilines is 2. The molecule has 5 rings (SSSR count). The summed E-state index contributed by atoms with van der Waals surface area (Å²) in [4.78, 5) is 20.0. The van der Waals surface area contributed by atoms with Gasteiger partial charge < -0.3 is 28.9 Å². The van der Waals surface area contributed by atoms with E-state index in [2.05, 4.69) is 77.3 Å². The van der Waals surface area contributed by atoms with Crippen LogP contribution in [0, 0.1) is 0 Å². The van der Waals surface area contributed by atoms with Crippen molar-refractivity contribution in [2.45, 2.75) is 43.9 Å². The number of hydrogen-bond acceptors (Lipinski definition) is 7. The molecule has 2 aliphatic rings. The highest BCUT2D eigenvalue weighted by molar-refractivity contribution is 5.81. The molecule has 0 saturated carbocycles. The Morgan fingerprint density at radius 3 is 2.02 bits per heavy atom. The summed E-state index contributed by atoms with van der Waals surface area (Å²) < 4.78 is 18.2. The van der Waals surface area contributed by atoms with Crippen molar-refractivity contribution in [3.63, 3.8) is 0 Å². The summed E-state index contributed by atoms with van der Waals surface area (Å²) in [5.41, 5.74) is 6.33. The molecule has 0 bridgehead atoms. The van der Waals surface area contributed by atoms with Gasteiger partial charge in [-0.2, -0.15) is 0 Å². The van der Waals surface area contributed by atoms with Crippen LogP contribution in [0.25, 0.3) is 0 Å². The van der Waals surface area contributed by atoms with Gasteiger partial charge in [0.05, 0.1) is 20.6 Å². The minimum absolute atomic E-state index is 0.0274.